The maximum Gasteiger partial charge on any atom is 0.204 e. The minimum absolute atomic E-state index is 0.0249. The van der Waals surface area contributed by atoms with Gasteiger partial charge in [0.25, 0.3) is 0 Å². The summed E-state index contributed by atoms with van der Waals surface area (Å²) >= 11 is 0. The molecule has 2 fully saturated rings. The van der Waals surface area contributed by atoms with Gasteiger partial charge in [-0.25, -0.2) is 0 Å². The molecule has 168 valence electrons. The average molecular weight is 423 g/mol. The van der Waals surface area contributed by atoms with Gasteiger partial charge < -0.3 is 14.2 Å². The fourth-order valence-electron chi connectivity index (χ4n) is 4.59. The van der Waals surface area contributed by atoms with Crippen LogP contribution >= 0.6 is 0 Å². The Balaban J connectivity index is 1.42. The predicted octanol–water partition coefficient (Wildman–Crippen LogP) is 6.70. The van der Waals surface area contributed by atoms with Crippen molar-refractivity contribution >= 4 is 0 Å². The first-order chi connectivity index (χ1) is 14.6. The summed E-state index contributed by atoms with van der Waals surface area (Å²) in [6.45, 7) is 5.73. The van der Waals surface area contributed by atoms with Gasteiger partial charge in [0.05, 0.1) is 25.9 Å². The lowest BCUT2D eigenvalue weighted by Crippen LogP contribution is -2.34. The number of allylic oxidation sites excluding steroid dienone is 1. The van der Waals surface area contributed by atoms with Crippen LogP contribution in [0.15, 0.2) is 24.3 Å². The molecule has 1 aliphatic heterocycles. The number of hydrogen-bond acceptors (Lipinski definition) is 3. The third-order valence-corrected chi connectivity index (χ3v) is 6.47. The van der Waals surface area contributed by atoms with Crippen molar-refractivity contribution in [2.75, 3.05) is 19.8 Å². The van der Waals surface area contributed by atoms with E-state index in [-0.39, 0.29) is 11.5 Å². The number of unbranched alkanes of at least 4 members (excludes halogenated alkanes) is 1. The summed E-state index contributed by atoms with van der Waals surface area (Å²) in [6, 6.07) is 2.93. The van der Waals surface area contributed by atoms with Gasteiger partial charge in [-0.1, -0.05) is 25.5 Å². The second-order valence-electron chi connectivity index (χ2n) is 8.72. The SMILES string of the molecule is CC=CC1CCC(C2CCC(COc3ccc(OCCCC)c(F)c3F)CC2)OC1. The molecule has 1 heterocycles. The van der Waals surface area contributed by atoms with E-state index in [0.29, 0.717) is 37.1 Å². The van der Waals surface area contributed by atoms with Crippen LogP contribution in [-0.4, -0.2) is 25.9 Å². The fourth-order valence-corrected chi connectivity index (χ4v) is 4.59. The topological polar surface area (TPSA) is 27.7 Å². The first-order valence-electron chi connectivity index (χ1n) is 11.6. The Hall–Kier alpha value is -1.62. The molecular weight excluding hydrogens is 386 g/mol. The third kappa shape index (κ3) is 6.19. The van der Waals surface area contributed by atoms with E-state index < -0.39 is 11.6 Å². The van der Waals surface area contributed by atoms with Crippen molar-refractivity contribution < 1.29 is 23.0 Å². The molecule has 0 N–H and O–H groups in total. The highest BCUT2D eigenvalue weighted by Gasteiger charge is 2.31. The van der Waals surface area contributed by atoms with Crippen molar-refractivity contribution in [3.05, 3.63) is 35.9 Å². The van der Waals surface area contributed by atoms with Crippen LogP contribution in [0.3, 0.4) is 0 Å². The van der Waals surface area contributed by atoms with Crippen LogP contribution in [-0.2, 0) is 4.74 Å². The van der Waals surface area contributed by atoms with Crippen LogP contribution in [0.25, 0.3) is 0 Å². The lowest BCUT2D eigenvalue weighted by Gasteiger charge is -2.37. The van der Waals surface area contributed by atoms with Crippen LogP contribution in [0, 0.1) is 29.4 Å². The molecule has 0 amide bonds. The quantitative estimate of drug-likeness (QED) is 0.327. The Morgan fingerprint density at radius 1 is 1.00 bits per heavy atom. The number of benzene rings is 1. The monoisotopic (exact) mass is 422 g/mol. The average Bonchev–Trinajstić information content (AvgIpc) is 2.77. The Morgan fingerprint density at radius 3 is 2.30 bits per heavy atom. The highest BCUT2D eigenvalue weighted by atomic mass is 19.2. The number of rotatable bonds is 9. The molecule has 3 rings (SSSR count). The summed E-state index contributed by atoms with van der Waals surface area (Å²) in [4.78, 5) is 0. The van der Waals surface area contributed by atoms with Gasteiger partial charge in [-0.15, -0.1) is 0 Å². The first kappa shape index (κ1) is 23.1. The second kappa shape index (κ2) is 11.7. The molecule has 2 unspecified atom stereocenters. The highest BCUT2D eigenvalue weighted by molar-refractivity contribution is 5.35. The third-order valence-electron chi connectivity index (χ3n) is 6.47. The van der Waals surface area contributed by atoms with Gasteiger partial charge in [0, 0.05) is 5.92 Å². The van der Waals surface area contributed by atoms with Crippen LogP contribution in [0.2, 0.25) is 0 Å². The molecule has 1 saturated carbocycles. The molecule has 1 aromatic rings. The van der Waals surface area contributed by atoms with Gasteiger partial charge in [-0.05, 0) is 75.8 Å². The van der Waals surface area contributed by atoms with Crippen molar-refractivity contribution in [3.8, 4) is 11.5 Å². The Kier molecular flexibility index (Phi) is 8.98. The summed E-state index contributed by atoms with van der Waals surface area (Å²) in [6.07, 6.45) is 13.2. The van der Waals surface area contributed by atoms with Gasteiger partial charge in [0.2, 0.25) is 11.6 Å². The van der Waals surface area contributed by atoms with E-state index >= 15 is 0 Å². The van der Waals surface area contributed by atoms with Crippen LogP contribution in [0.1, 0.15) is 65.2 Å². The molecule has 1 aromatic carbocycles. The summed E-state index contributed by atoms with van der Waals surface area (Å²) in [7, 11) is 0. The molecule has 30 heavy (non-hydrogen) atoms. The summed E-state index contributed by atoms with van der Waals surface area (Å²) in [5.41, 5.74) is 0. The molecule has 0 bridgehead atoms. The molecule has 0 spiro atoms. The lowest BCUT2D eigenvalue weighted by atomic mass is 9.77. The maximum atomic E-state index is 14.3. The smallest absolute Gasteiger partial charge is 0.204 e. The zero-order valence-corrected chi connectivity index (χ0v) is 18.4. The van der Waals surface area contributed by atoms with Gasteiger partial charge in [-0.2, -0.15) is 8.78 Å². The molecule has 2 aliphatic rings. The summed E-state index contributed by atoms with van der Waals surface area (Å²) in [5.74, 6) is -0.428. The fraction of sp³-hybridized carbons (Fsp3) is 0.680. The van der Waals surface area contributed by atoms with Crippen molar-refractivity contribution in [2.45, 2.75) is 71.3 Å². The predicted molar refractivity (Wildman–Crippen MR) is 115 cm³/mol. The minimum atomic E-state index is -0.960. The Morgan fingerprint density at radius 2 is 1.70 bits per heavy atom. The Bertz CT molecular complexity index is 675. The number of halogens is 2. The standard InChI is InChI=1S/C25H36F2O3/c1-3-5-15-28-22-13-14-23(25(27)24(22)26)30-17-19-7-10-20(11-8-19)21-12-9-18(6-4-2)16-29-21/h4,6,13-14,18-21H,3,5,7-12,15-17H2,1-2H3. The zero-order chi connectivity index (χ0) is 21.3. The maximum absolute atomic E-state index is 14.3. The van der Waals surface area contributed by atoms with E-state index in [9.17, 15) is 8.78 Å². The molecule has 1 aliphatic carbocycles. The summed E-state index contributed by atoms with van der Waals surface area (Å²) < 4.78 is 45.6. The van der Waals surface area contributed by atoms with Crippen molar-refractivity contribution in [1.82, 2.24) is 0 Å². The molecule has 0 radical (unpaired) electrons. The second-order valence-corrected chi connectivity index (χ2v) is 8.72. The van der Waals surface area contributed by atoms with Gasteiger partial charge in [0.1, 0.15) is 0 Å². The Labute approximate surface area is 179 Å². The first-order valence-corrected chi connectivity index (χ1v) is 11.6. The van der Waals surface area contributed by atoms with Crippen LogP contribution in [0.5, 0.6) is 11.5 Å². The van der Waals surface area contributed by atoms with E-state index in [1.807, 2.05) is 6.92 Å². The molecule has 0 aromatic heterocycles. The molecule has 1 saturated heterocycles. The van der Waals surface area contributed by atoms with Crippen LogP contribution in [0.4, 0.5) is 8.78 Å². The molecule has 3 nitrogen and oxygen atoms in total. The number of hydrogen-bond donors (Lipinski definition) is 0. The van der Waals surface area contributed by atoms with E-state index in [1.54, 1.807) is 0 Å². The molecular formula is C25H36F2O3. The lowest BCUT2D eigenvalue weighted by molar-refractivity contribution is -0.0504. The summed E-state index contributed by atoms with van der Waals surface area (Å²) in [5, 5.41) is 0. The van der Waals surface area contributed by atoms with E-state index in [1.165, 1.54) is 18.6 Å². The van der Waals surface area contributed by atoms with Gasteiger partial charge in [-0.3, -0.25) is 0 Å². The molecule has 2 atom stereocenters. The van der Waals surface area contributed by atoms with Crippen molar-refractivity contribution in [1.29, 1.82) is 0 Å². The number of ether oxygens (including phenoxy) is 3. The highest BCUT2D eigenvalue weighted by Crippen LogP contribution is 2.37. The zero-order valence-electron chi connectivity index (χ0n) is 18.4. The minimum Gasteiger partial charge on any atom is -0.490 e. The van der Waals surface area contributed by atoms with Crippen molar-refractivity contribution in [3.63, 3.8) is 0 Å². The molecule has 5 heteroatoms. The van der Waals surface area contributed by atoms with Crippen molar-refractivity contribution in [2.24, 2.45) is 17.8 Å². The largest absolute Gasteiger partial charge is 0.490 e. The normalized spacial score (nSPS) is 27.3. The van der Waals surface area contributed by atoms with Gasteiger partial charge in [0.15, 0.2) is 11.5 Å². The van der Waals surface area contributed by atoms with E-state index in [0.717, 1.165) is 51.6 Å². The van der Waals surface area contributed by atoms with Gasteiger partial charge >= 0.3 is 0 Å². The van der Waals surface area contributed by atoms with E-state index in [4.69, 9.17) is 14.2 Å². The van der Waals surface area contributed by atoms with E-state index in [2.05, 4.69) is 19.1 Å². The van der Waals surface area contributed by atoms with Crippen LogP contribution < -0.4 is 9.47 Å².